The van der Waals surface area contributed by atoms with Gasteiger partial charge in [0.15, 0.2) is 5.78 Å². The van der Waals surface area contributed by atoms with E-state index in [4.69, 9.17) is 11.6 Å². The van der Waals surface area contributed by atoms with E-state index in [0.717, 1.165) is 6.08 Å². The smallest absolute Gasteiger partial charge is 0.293 e. The third-order valence-corrected chi connectivity index (χ3v) is 3.80. The molecule has 0 N–H and O–H groups in total. The molecule has 0 saturated heterocycles. The van der Waals surface area contributed by atoms with Gasteiger partial charge in [0.25, 0.3) is 0 Å². The number of allylic oxidation sites excluding steroid dienone is 1. The van der Waals surface area contributed by atoms with E-state index in [1.54, 1.807) is 30.3 Å². The molecule has 0 heterocycles. The fourth-order valence-electron chi connectivity index (χ4n) is 2.37. The molecule has 0 amide bonds. The van der Waals surface area contributed by atoms with Crippen LogP contribution in [0.25, 0.3) is 0 Å². The van der Waals surface area contributed by atoms with Gasteiger partial charge < -0.3 is 0 Å². The third-order valence-electron chi connectivity index (χ3n) is 3.43. The monoisotopic (exact) mass is 297 g/mol. The summed E-state index contributed by atoms with van der Waals surface area (Å²) in [4.78, 5) is 20.8. The number of nitro groups is 1. The Bertz CT molecular complexity index is 573. The second-order valence-electron chi connectivity index (χ2n) is 5.10. The molecule has 0 aromatic heterocycles. The van der Waals surface area contributed by atoms with E-state index in [0.29, 0.717) is 5.56 Å². The lowest BCUT2D eigenvalue weighted by Crippen LogP contribution is -2.47. The van der Waals surface area contributed by atoms with Gasteiger partial charge in [-0.05, 0) is 6.92 Å². The van der Waals surface area contributed by atoms with Crippen molar-refractivity contribution in [1.29, 1.82) is 0 Å². The Morgan fingerprint density at radius 1 is 1.45 bits per heavy atom. The lowest BCUT2D eigenvalue weighted by molar-refractivity contribution is -0.592. The minimum absolute atomic E-state index is 0.273. The lowest BCUT2D eigenvalue weighted by atomic mass is 9.77. The number of ketones is 1. The van der Waals surface area contributed by atoms with Crippen LogP contribution < -0.4 is 0 Å². The van der Waals surface area contributed by atoms with Crippen molar-refractivity contribution in [2.75, 3.05) is 0 Å². The summed E-state index contributed by atoms with van der Waals surface area (Å²) < 4.78 is 14.0. The molecule has 106 valence electrons. The Morgan fingerprint density at radius 3 is 2.55 bits per heavy atom. The number of hydrogen-bond donors (Lipinski definition) is 0. The van der Waals surface area contributed by atoms with Crippen LogP contribution in [0.2, 0.25) is 0 Å². The van der Waals surface area contributed by atoms with E-state index in [2.05, 4.69) is 0 Å². The molecule has 1 aliphatic carbocycles. The number of halogens is 2. The molecular weight excluding hydrogens is 285 g/mol. The van der Waals surface area contributed by atoms with E-state index in [9.17, 15) is 19.3 Å². The number of hydrogen-bond acceptors (Lipinski definition) is 3. The topological polar surface area (TPSA) is 60.2 Å². The Hall–Kier alpha value is -1.75. The summed E-state index contributed by atoms with van der Waals surface area (Å²) in [5, 5.41) is 10.7. The molecule has 0 aliphatic heterocycles. The number of carbonyl (C=O) groups is 1. The van der Waals surface area contributed by atoms with Gasteiger partial charge in [-0.25, -0.2) is 0 Å². The van der Waals surface area contributed by atoms with Crippen molar-refractivity contribution in [1.82, 2.24) is 0 Å². The maximum absolute atomic E-state index is 14.0. The molecular formula is C14H13ClFNO3. The first-order valence-corrected chi connectivity index (χ1v) is 6.45. The van der Waals surface area contributed by atoms with Crippen LogP contribution in [0.3, 0.4) is 0 Å². The molecule has 4 nitrogen and oxygen atoms in total. The second kappa shape index (κ2) is 4.98. The molecule has 3 atom stereocenters. The van der Waals surface area contributed by atoms with Gasteiger partial charge in [-0.1, -0.05) is 36.4 Å². The van der Waals surface area contributed by atoms with Gasteiger partial charge >= 0.3 is 5.79 Å². The van der Waals surface area contributed by atoms with Gasteiger partial charge in [-0.2, -0.15) is 4.39 Å². The van der Waals surface area contributed by atoms with Crippen LogP contribution in [0.5, 0.6) is 0 Å². The van der Waals surface area contributed by atoms with Crippen molar-refractivity contribution in [3.05, 3.63) is 58.2 Å². The maximum atomic E-state index is 14.0. The molecule has 20 heavy (non-hydrogen) atoms. The highest BCUT2D eigenvalue weighted by Crippen LogP contribution is 2.42. The molecule has 6 heteroatoms. The number of benzene rings is 1. The minimum atomic E-state index is -2.72. The molecule has 0 bridgehead atoms. The molecule has 0 spiro atoms. The molecule has 0 saturated carbocycles. The fourth-order valence-corrected chi connectivity index (χ4v) is 2.73. The summed E-state index contributed by atoms with van der Waals surface area (Å²) in [6.07, 6.45) is 1.48. The SMILES string of the molecule is CC1(Cl)CC(F)([N+](=O)[O-])C=CC1C(=O)c1ccccc1. The Balaban J connectivity index is 2.35. The van der Waals surface area contributed by atoms with E-state index in [1.807, 2.05) is 0 Å². The van der Waals surface area contributed by atoms with Crippen molar-refractivity contribution < 1.29 is 14.1 Å². The molecule has 1 aromatic rings. The largest absolute Gasteiger partial charge is 0.379 e. The van der Waals surface area contributed by atoms with Crippen LogP contribution >= 0.6 is 11.6 Å². The highest BCUT2D eigenvalue weighted by Gasteiger charge is 2.53. The van der Waals surface area contributed by atoms with Crippen LogP contribution in [0.1, 0.15) is 23.7 Å². The van der Waals surface area contributed by atoms with E-state index in [-0.39, 0.29) is 5.78 Å². The molecule has 1 aliphatic rings. The lowest BCUT2D eigenvalue weighted by Gasteiger charge is -2.34. The van der Waals surface area contributed by atoms with Crippen molar-refractivity contribution in [3.8, 4) is 0 Å². The average Bonchev–Trinajstić information content (AvgIpc) is 2.38. The summed E-state index contributed by atoms with van der Waals surface area (Å²) in [7, 11) is 0. The number of carbonyl (C=O) groups excluding carboxylic acids is 1. The van der Waals surface area contributed by atoms with Crippen molar-refractivity contribution in [2.45, 2.75) is 24.0 Å². The summed E-state index contributed by atoms with van der Waals surface area (Å²) in [6.45, 7) is 1.45. The van der Waals surface area contributed by atoms with Gasteiger partial charge in [0.05, 0.1) is 22.1 Å². The molecule has 2 rings (SSSR count). The predicted octanol–water partition coefficient (Wildman–Crippen LogP) is 3.39. The first-order chi connectivity index (χ1) is 9.26. The third kappa shape index (κ3) is 2.58. The number of rotatable bonds is 3. The summed E-state index contributed by atoms with van der Waals surface area (Å²) in [6, 6.07) is 8.46. The first kappa shape index (κ1) is 14.7. The Kier molecular flexibility index (Phi) is 3.65. The normalized spacial score (nSPS) is 32.9. The quantitative estimate of drug-likeness (QED) is 0.215. The summed E-state index contributed by atoms with van der Waals surface area (Å²) >= 11 is 6.19. The van der Waals surface area contributed by atoms with Gasteiger partial charge in [-0.3, -0.25) is 14.9 Å². The van der Waals surface area contributed by atoms with Crippen LogP contribution in [0, 0.1) is 16.0 Å². The highest BCUT2D eigenvalue weighted by atomic mass is 35.5. The first-order valence-electron chi connectivity index (χ1n) is 6.07. The fraction of sp³-hybridized carbons (Fsp3) is 0.357. The number of nitrogens with zero attached hydrogens (tertiary/aromatic N) is 1. The van der Waals surface area contributed by atoms with Crippen LogP contribution in [-0.4, -0.2) is 21.4 Å². The summed E-state index contributed by atoms with van der Waals surface area (Å²) in [5.41, 5.74) is 0.446. The van der Waals surface area contributed by atoms with Gasteiger partial charge in [0.1, 0.15) is 0 Å². The predicted molar refractivity (Wildman–Crippen MR) is 73.1 cm³/mol. The molecule has 3 unspecified atom stereocenters. The zero-order chi connectivity index (χ0) is 15.0. The van der Waals surface area contributed by atoms with E-state index in [1.165, 1.54) is 13.0 Å². The van der Waals surface area contributed by atoms with Gasteiger partial charge in [0.2, 0.25) is 0 Å². The van der Waals surface area contributed by atoms with Crippen molar-refractivity contribution >= 4 is 17.4 Å². The molecule has 0 fully saturated rings. The van der Waals surface area contributed by atoms with Crippen molar-refractivity contribution in [2.24, 2.45) is 5.92 Å². The Morgan fingerprint density at radius 2 is 2.05 bits per heavy atom. The zero-order valence-electron chi connectivity index (χ0n) is 10.8. The number of Topliss-reactive ketones (excluding diaryl/α,β-unsaturated/α-hetero) is 1. The minimum Gasteiger partial charge on any atom is -0.293 e. The van der Waals surface area contributed by atoms with E-state index >= 15 is 0 Å². The summed E-state index contributed by atoms with van der Waals surface area (Å²) in [5.74, 6) is -3.79. The zero-order valence-corrected chi connectivity index (χ0v) is 11.5. The van der Waals surface area contributed by atoms with Crippen LogP contribution in [0.4, 0.5) is 4.39 Å². The van der Waals surface area contributed by atoms with E-state index < -0.39 is 27.9 Å². The maximum Gasteiger partial charge on any atom is 0.379 e. The standard InChI is InChI=1S/C14H13ClFNO3/c1-13(15)9-14(16,17(19)20)8-7-11(13)12(18)10-5-3-2-4-6-10/h2-8,11H,9H2,1H3. The number of alkyl halides is 2. The van der Waals surface area contributed by atoms with Gasteiger partial charge in [0, 0.05) is 11.6 Å². The average molecular weight is 298 g/mol. The Labute approximate surface area is 120 Å². The van der Waals surface area contributed by atoms with Gasteiger partial charge in [-0.15, -0.1) is 11.6 Å². The highest BCUT2D eigenvalue weighted by molar-refractivity contribution is 6.26. The van der Waals surface area contributed by atoms with Crippen molar-refractivity contribution in [3.63, 3.8) is 0 Å². The van der Waals surface area contributed by atoms with Crippen LogP contribution in [0.15, 0.2) is 42.5 Å². The molecule has 0 radical (unpaired) electrons. The molecule has 1 aromatic carbocycles. The second-order valence-corrected chi connectivity index (χ2v) is 5.96. The van der Waals surface area contributed by atoms with Crippen LogP contribution in [-0.2, 0) is 0 Å².